The number of hydrogen-bond acceptors (Lipinski definition) is 45. The van der Waals surface area contributed by atoms with Crippen LogP contribution in [0.4, 0.5) is 0 Å². The number of nitrogens with one attached hydrogen (secondary N) is 4. The molecule has 0 aromatic heterocycles. The summed E-state index contributed by atoms with van der Waals surface area (Å²) in [5.74, 6) is -3.81. The zero-order valence-corrected chi connectivity index (χ0v) is 62.4. The smallest absolute Gasteiger partial charge is 0.394 e. The van der Waals surface area contributed by atoms with E-state index in [1.54, 1.807) is 0 Å². The molecule has 9 aliphatic heterocycles. The third-order valence-electron chi connectivity index (χ3n) is 20.5. The van der Waals surface area contributed by atoms with Gasteiger partial charge in [-0.2, -0.15) is 0 Å². The Morgan fingerprint density at radius 1 is 0.289 bits per heavy atom. The molecule has 0 aromatic rings. The van der Waals surface area contributed by atoms with E-state index < -0.39 is 354 Å². The van der Waals surface area contributed by atoms with Crippen molar-refractivity contribution >= 4 is 31.5 Å². The van der Waals surface area contributed by atoms with Gasteiger partial charge in [-0.3, -0.25) is 23.7 Å². The Kier molecular flexibility index (Phi) is 33.4. The van der Waals surface area contributed by atoms with Crippen molar-refractivity contribution < 1.29 is 231 Å². The molecule has 45 atom stereocenters. The fourth-order valence-electron chi connectivity index (χ4n) is 14.4. The van der Waals surface area contributed by atoms with Crippen LogP contribution in [0.2, 0.25) is 0 Å². The molecule has 9 aliphatic rings. The van der Waals surface area contributed by atoms with Crippen LogP contribution in [0.25, 0.3) is 0 Å². The Labute approximate surface area is 645 Å². The van der Waals surface area contributed by atoms with Gasteiger partial charge in [-0.1, -0.05) is 0 Å². The highest BCUT2D eigenvalue weighted by Crippen LogP contribution is 2.43. The fourth-order valence-corrected chi connectivity index (χ4v) is 14.7. The molecule has 52 heteroatoms. The van der Waals surface area contributed by atoms with Crippen molar-refractivity contribution in [2.45, 2.75) is 318 Å². The van der Waals surface area contributed by atoms with Gasteiger partial charge < -0.3 is 224 Å². The number of carbonyl (C=O) groups is 4. The van der Waals surface area contributed by atoms with Crippen molar-refractivity contribution in [2.75, 3.05) is 46.2 Å². The Morgan fingerprint density at radius 2 is 0.632 bits per heavy atom. The van der Waals surface area contributed by atoms with Crippen molar-refractivity contribution in [2.24, 2.45) is 0 Å². The molecule has 660 valence electrons. The molecule has 0 aromatic carbocycles. The maximum absolute atomic E-state index is 13.6. The maximum atomic E-state index is 13.6. The molecule has 0 spiro atoms. The van der Waals surface area contributed by atoms with E-state index in [0.717, 1.165) is 27.7 Å². The number of rotatable bonds is 29. The molecule has 0 aliphatic carbocycles. The minimum absolute atomic E-state index is 0.833. The van der Waals surface area contributed by atoms with E-state index in [4.69, 9.17) is 85.1 Å². The molecule has 51 nitrogen and oxygen atoms in total. The van der Waals surface area contributed by atoms with Gasteiger partial charge in [-0.25, -0.2) is 4.57 Å². The topological polar surface area (TPSA) is 785 Å². The maximum Gasteiger partial charge on any atom is 0.469 e. The van der Waals surface area contributed by atoms with Gasteiger partial charge in [0.05, 0.1) is 58.5 Å². The van der Waals surface area contributed by atoms with Crippen molar-refractivity contribution in [3.8, 4) is 0 Å². The second-order valence-corrected chi connectivity index (χ2v) is 30.0. The number of phosphoric ester groups is 1. The van der Waals surface area contributed by atoms with Gasteiger partial charge >= 0.3 is 7.82 Å². The van der Waals surface area contributed by atoms with Crippen LogP contribution in [0.5, 0.6) is 0 Å². The first-order valence-corrected chi connectivity index (χ1v) is 37.6. The van der Waals surface area contributed by atoms with Crippen LogP contribution in [0.1, 0.15) is 41.5 Å². The third-order valence-corrected chi connectivity index (χ3v) is 21.0. The van der Waals surface area contributed by atoms with Gasteiger partial charge in [-0.15, -0.1) is 0 Å². The lowest BCUT2D eigenvalue weighted by atomic mass is 9.93. The second-order valence-electron chi connectivity index (χ2n) is 28.8. The average molecular weight is 1690 g/mol. The van der Waals surface area contributed by atoms with Crippen molar-refractivity contribution in [1.82, 2.24) is 21.3 Å². The molecule has 4 amide bonds. The number of hydrogen-bond donors (Lipinski definition) is 28. The molecule has 0 saturated carbocycles. The van der Waals surface area contributed by atoms with Crippen molar-refractivity contribution in [3.63, 3.8) is 0 Å². The molecule has 9 rings (SSSR count). The highest BCUT2D eigenvalue weighted by molar-refractivity contribution is 7.46. The van der Waals surface area contributed by atoms with E-state index in [2.05, 4.69) is 21.3 Å². The predicted octanol–water partition coefficient (Wildman–Crippen LogP) is -17.9. The van der Waals surface area contributed by atoms with E-state index in [1.807, 2.05) is 0 Å². The van der Waals surface area contributed by atoms with Gasteiger partial charge in [-0.05, 0) is 13.8 Å². The quantitative estimate of drug-likeness (QED) is 0.0309. The Balaban J connectivity index is 1.08. The Hall–Kier alpha value is -3.57. The number of aliphatic hydroxyl groups is 22. The van der Waals surface area contributed by atoms with Gasteiger partial charge in [0.25, 0.3) is 0 Å². The summed E-state index contributed by atoms with van der Waals surface area (Å²) in [4.78, 5) is 72.1. The lowest BCUT2D eigenvalue weighted by Gasteiger charge is -2.52. The lowest BCUT2D eigenvalue weighted by molar-refractivity contribution is -0.401. The summed E-state index contributed by atoms with van der Waals surface area (Å²) in [6.45, 7) is -1.65. The molecule has 9 heterocycles. The fraction of sp³-hybridized carbons (Fsp3) is 0.935. The molecule has 9 saturated heterocycles. The summed E-state index contributed by atoms with van der Waals surface area (Å²) in [5.41, 5.74) is 0. The van der Waals surface area contributed by atoms with Crippen LogP contribution < -0.4 is 21.3 Å². The van der Waals surface area contributed by atoms with Gasteiger partial charge in [0.2, 0.25) is 23.6 Å². The normalized spacial score (nSPS) is 48.4. The summed E-state index contributed by atoms with van der Waals surface area (Å²) >= 11 is 0. The predicted molar refractivity (Wildman–Crippen MR) is 352 cm³/mol. The summed E-state index contributed by atoms with van der Waals surface area (Å²) in [7, 11) is -5.70. The minimum atomic E-state index is -5.70. The first kappa shape index (κ1) is 94.3. The molecule has 0 bridgehead atoms. The SMILES string of the molecule is CC(=O)N[C@@H]1[C@@H](O)[C@H](O[C@@H]2O[C@H](CO)[C@@H](O[C@@H]3O[C@H](CO[C@H]4O[C@H](CO)[C@@H](O)[C@H](O)[C@@H]4O)[C@@H](O)[C@H](O[C@H]4O[C@H](CO)[C@@H](O)[C@H](O)[C@@H]4O[C@@H]4O[C@H](COP(=O)(O)O)[C@@H](O[C@@H]5O[C@H](CO)[C@H](O)[C@H](O)[C@H]5NC(C)=O)[C@H](O[C@@H]5O[C@@H](C)[C@@H](O)[C@@H](O)[C@@H]5O)[C@H]4NC(C)=O)[C@@H]3O)[C@H](O)[C@H]2NC(C)=O)[C@@H](CO[C@@H]2O[C@@H](C)[C@@H](O)[C@@H](O)[C@@H]2O)O[C@H]1O. The molecular weight excluding hydrogens is 1580 g/mol. The van der Waals surface area contributed by atoms with Crippen LogP contribution in [-0.2, 0) is 109 Å². The molecule has 0 radical (unpaired) electrons. The average Bonchev–Trinajstić information content (AvgIpc) is 0.765. The molecule has 114 heavy (non-hydrogen) atoms. The molecule has 0 unspecified atom stereocenters. The largest absolute Gasteiger partial charge is 0.469 e. The van der Waals surface area contributed by atoms with Gasteiger partial charge in [0, 0.05) is 27.7 Å². The standard InChI is InChI=1S/C62H105N4O47P/c1-14-31(75)40(84)44(88)58(99-14)97-12-25-49(38(82)27(54(92)101-25)63-16(3)71)108-56-29(65-18(5)73)39(83)48(23(10-70)105-56)109-61-47(91)52(36(80)24(106-61)11-96-59-45(89)42(86)34(78)21(8-68)103-59)112-62-53(43(87)35(79)22(9-69)104-62)113-57-30(66-19(6)74)51(111-60-46(90)41(85)32(76)15(2)100-60)50(26(107-57)13-98-114(93,94)95)110-55-28(64-17(4)72)37(81)33(77)20(7-67)102-55/h14-15,20-62,67-70,75-92H,7-13H2,1-6H3,(H,63,71)(H,64,72)(H,65,73)(H,66,74)(H2,93,94,95)/t14-,15-,20+,21+,22+,23+,24+,25+,26+,27+,28+,29+,30+,31+,32+,33-,34+,35+,36+,37+,38+,39+,40+,41+,42-,43-,44-,45-,46-,47-,48+,49+,50+,51+,52-,53-,54+,55-,56-,57-,58+,59-,60-,61-,62+/m0/s1. The number of carbonyl (C=O) groups excluding carboxylic acids is 4. The summed E-state index contributed by atoms with van der Waals surface area (Å²) < 4.78 is 119. The zero-order chi connectivity index (χ0) is 84.3. The first-order chi connectivity index (χ1) is 53.5. The number of ether oxygens (including phenoxy) is 17. The van der Waals surface area contributed by atoms with E-state index >= 15 is 0 Å². The van der Waals surface area contributed by atoms with E-state index in [-0.39, 0.29) is 0 Å². The van der Waals surface area contributed by atoms with Crippen LogP contribution >= 0.6 is 7.82 Å². The van der Waals surface area contributed by atoms with E-state index in [1.165, 1.54) is 13.8 Å². The van der Waals surface area contributed by atoms with Gasteiger partial charge in [0.15, 0.2) is 56.6 Å². The van der Waals surface area contributed by atoms with Gasteiger partial charge in [0.1, 0.15) is 207 Å². The monoisotopic (exact) mass is 1690 g/mol. The minimum Gasteiger partial charge on any atom is -0.394 e. The summed E-state index contributed by atoms with van der Waals surface area (Å²) in [6.07, 6.45) is -85.5. The summed E-state index contributed by atoms with van der Waals surface area (Å²) in [6, 6.07) is -7.77. The van der Waals surface area contributed by atoms with Crippen molar-refractivity contribution in [1.29, 1.82) is 0 Å². The van der Waals surface area contributed by atoms with Crippen molar-refractivity contribution in [3.05, 3.63) is 0 Å². The van der Waals surface area contributed by atoms with E-state index in [9.17, 15) is 146 Å². The Morgan fingerprint density at radius 3 is 1.17 bits per heavy atom. The number of amides is 4. The molecular formula is C62H105N4O47P. The lowest BCUT2D eigenvalue weighted by Crippen LogP contribution is -2.72. The number of phosphoric acid groups is 1. The third kappa shape index (κ3) is 21.6. The molecule has 9 fully saturated rings. The second kappa shape index (κ2) is 40.4. The number of aliphatic hydroxyl groups excluding tert-OH is 22. The van der Waals surface area contributed by atoms with E-state index in [0.29, 0.717) is 0 Å². The molecule has 28 N–H and O–H groups in total. The van der Waals surface area contributed by atoms with Crippen LogP contribution in [0.3, 0.4) is 0 Å². The van der Waals surface area contributed by atoms with Crippen LogP contribution in [0, 0.1) is 0 Å². The highest BCUT2D eigenvalue weighted by atomic mass is 31.2. The Bertz CT molecular complexity index is 3130. The highest BCUT2D eigenvalue weighted by Gasteiger charge is 2.61. The first-order valence-electron chi connectivity index (χ1n) is 36.1. The summed E-state index contributed by atoms with van der Waals surface area (Å²) in [5, 5.41) is 255. The zero-order valence-electron chi connectivity index (χ0n) is 61.5. The van der Waals surface area contributed by atoms with Crippen LogP contribution in [-0.4, -0.2) is 468 Å². The van der Waals surface area contributed by atoms with Crippen LogP contribution in [0.15, 0.2) is 0 Å².